The van der Waals surface area contributed by atoms with E-state index in [0.29, 0.717) is 12.5 Å². The van der Waals surface area contributed by atoms with Gasteiger partial charge in [-0.25, -0.2) is 0 Å². The summed E-state index contributed by atoms with van der Waals surface area (Å²) < 4.78 is 11.2. The second-order valence-corrected chi connectivity index (χ2v) is 4.58. The van der Waals surface area contributed by atoms with Crippen molar-refractivity contribution in [2.24, 2.45) is 5.73 Å². The minimum atomic E-state index is -0.234. The van der Waals surface area contributed by atoms with E-state index in [1.165, 1.54) is 5.56 Å². The van der Waals surface area contributed by atoms with Gasteiger partial charge in [-0.05, 0) is 35.7 Å². The Morgan fingerprint density at radius 2 is 2.06 bits per heavy atom. The van der Waals surface area contributed by atoms with Crippen molar-refractivity contribution in [3.63, 3.8) is 0 Å². The fourth-order valence-electron chi connectivity index (χ4n) is 1.81. The van der Waals surface area contributed by atoms with Crippen molar-refractivity contribution >= 4 is 0 Å². The molecular weight excluding hydrogens is 226 g/mol. The average Bonchev–Trinajstić information content (AvgIpc) is 2.90. The molecule has 18 heavy (non-hydrogen) atoms. The van der Waals surface area contributed by atoms with Crippen LogP contribution in [-0.2, 0) is 0 Å². The second kappa shape index (κ2) is 5.74. The third kappa shape index (κ3) is 2.93. The fraction of sp³-hybridized carbons (Fsp3) is 0.333. The van der Waals surface area contributed by atoms with Crippen molar-refractivity contribution in [2.45, 2.75) is 25.9 Å². The van der Waals surface area contributed by atoms with Crippen molar-refractivity contribution in [2.75, 3.05) is 6.54 Å². The van der Waals surface area contributed by atoms with Gasteiger partial charge in [-0.15, -0.1) is 0 Å². The normalized spacial score (nSPS) is 12.7. The van der Waals surface area contributed by atoms with E-state index in [0.717, 1.165) is 11.5 Å². The number of benzene rings is 1. The molecule has 1 aromatic carbocycles. The standard InChI is InChI=1S/C15H19NO2/c1-11(2)12-5-3-6-13(9-12)18-15(10-16)14-7-4-8-17-14/h3-9,11,15H,10,16H2,1-2H3. The summed E-state index contributed by atoms with van der Waals surface area (Å²) in [6.07, 6.45) is 1.40. The van der Waals surface area contributed by atoms with Gasteiger partial charge in [-0.3, -0.25) is 0 Å². The molecule has 2 aromatic rings. The summed E-state index contributed by atoms with van der Waals surface area (Å²) in [4.78, 5) is 0. The van der Waals surface area contributed by atoms with Gasteiger partial charge in [0.2, 0.25) is 0 Å². The summed E-state index contributed by atoms with van der Waals surface area (Å²) >= 11 is 0. The lowest BCUT2D eigenvalue weighted by Gasteiger charge is -2.16. The monoisotopic (exact) mass is 245 g/mol. The Morgan fingerprint density at radius 1 is 1.22 bits per heavy atom. The predicted octanol–water partition coefficient (Wildman–Crippen LogP) is 3.48. The molecule has 0 saturated heterocycles. The molecule has 0 spiro atoms. The van der Waals surface area contributed by atoms with Crippen LogP contribution in [0.4, 0.5) is 0 Å². The Bertz CT molecular complexity index is 477. The minimum Gasteiger partial charge on any atom is -0.481 e. The second-order valence-electron chi connectivity index (χ2n) is 4.58. The zero-order valence-electron chi connectivity index (χ0n) is 10.8. The lowest BCUT2D eigenvalue weighted by molar-refractivity contribution is 0.184. The molecule has 0 amide bonds. The van der Waals surface area contributed by atoms with Gasteiger partial charge in [-0.2, -0.15) is 0 Å². The molecule has 0 aliphatic heterocycles. The molecule has 1 heterocycles. The molecule has 0 aliphatic carbocycles. The van der Waals surface area contributed by atoms with Crippen molar-refractivity contribution in [3.05, 3.63) is 54.0 Å². The summed E-state index contributed by atoms with van der Waals surface area (Å²) in [5, 5.41) is 0. The maximum absolute atomic E-state index is 5.88. The third-order valence-corrected chi connectivity index (χ3v) is 2.88. The van der Waals surface area contributed by atoms with Crippen LogP contribution in [-0.4, -0.2) is 6.54 Å². The van der Waals surface area contributed by atoms with Crippen LogP contribution in [0.3, 0.4) is 0 Å². The summed E-state index contributed by atoms with van der Waals surface area (Å²) in [5.74, 6) is 2.06. The lowest BCUT2D eigenvalue weighted by atomic mass is 10.0. The van der Waals surface area contributed by atoms with E-state index in [2.05, 4.69) is 26.0 Å². The van der Waals surface area contributed by atoms with Gasteiger partial charge in [0, 0.05) is 6.54 Å². The molecule has 1 unspecified atom stereocenters. The van der Waals surface area contributed by atoms with E-state index in [-0.39, 0.29) is 6.10 Å². The quantitative estimate of drug-likeness (QED) is 0.877. The smallest absolute Gasteiger partial charge is 0.168 e. The Morgan fingerprint density at radius 3 is 2.67 bits per heavy atom. The third-order valence-electron chi connectivity index (χ3n) is 2.88. The van der Waals surface area contributed by atoms with Crippen LogP contribution in [0.2, 0.25) is 0 Å². The summed E-state index contributed by atoms with van der Waals surface area (Å²) in [6.45, 7) is 4.71. The molecule has 2 rings (SSSR count). The molecule has 0 radical (unpaired) electrons. The predicted molar refractivity (Wildman–Crippen MR) is 71.7 cm³/mol. The van der Waals surface area contributed by atoms with Crippen LogP contribution >= 0.6 is 0 Å². The van der Waals surface area contributed by atoms with E-state index in [1.807, 2.05) is 24.3 Å². The number of hydrogen-bond acceptors (Lipinski definition) is 3. The minimum absolute atomic E-state index is 0.234. The first-order valence-electron chi connectivity index (χ1n) is 6.20. The molecule has 0 saturated carbocycles. The SMILES string of the molecule is CC(C)c1cccc(OC(CN)c2ccco2)c1. The fourth-order valence-corrected chi connectivity index (χ4v) is 1.81. The average molecular weight is 245 g/mol. The molecule has 2 N–H and O–H groups in total. The van der Waals surface area contributed by atoms with E-state index < -0.39 is 0 Å². The number of furan rings is 1. The number of ether oxygens (including phenoxy) is 1. The molecule has 3 heteroatoms. The van der Waals surface area contributed by atoms with E-state index in [4.69, 9.17) is 14.9 Å². The van der Waals surface area contributed by atoms with Crippen LogP contribution in [0.25, 0.3) is 0 Å². The zero-order valence-corrected chi connectivity index (χ0v) is 10.8. The van der Waals surface area contributed by atoms with Crippen LogP contribution in [0.5, 0.6) is 5.75 Å². The zero-order chi connectivity index (χ0) is 13.0. The Balaban J connectivity index is 2.15. The van der Waals surface area contributed by atoms with Crippen LogP contribution in [0.1, 0.15) is 37.2 Å². The van der Waals surface area contributed by atoms with Crippen molar-refractivity contribution in [1.29, 1.82) is 0 Å². The van der Waals surface area contributed by atoms with Crippen molar-refractivity contribution in [1.82, 2.24) is 0 Å². The summed E-state index contributed by atoms with van der Waals surface area (Å²) in [5.41, 5.74) is 6.98. The van der Waals surface area contributed by atoms with Crippen molar-refractivity contribution in [3.8, 4) is 5.75 Å². The highest BCUT2D eigenvalue weighted by Gasteiger charge is 2.14. The van der Waals surface area contributed by atoms with Crippen LogP contribution in [0.15, 0.2) is 47.1 Å². The molecule has 1 aromatic heterocycles. The van der Waals surface area contributed by atoms with Crippen molar-refractivity contribution < 1.29 is 9.15 Å². The highest BCUT2D eigenvalue weighted by Crippen LogP contribution is 2.25. The molecule has 0 fully saturated rings. The molecule has 96 valence electrons. The first-order chi connectivity index (χ1) is 8.70. The van der Waals surface area contributed by atoms with Gasteiger partial charge in [0.1, 0.15) is 11.5 Å². The van der Waals surface area contributed by atoms with Gasteiger partial charge < -0.3 is 14.9 Å². The molecule has 0 aliphatic rings. The number of nitrogens with two attached hydrogens (primary N) is 1. The topological polar surface area (TPSA) is 48.4 Å². The molecular formula is C15H19NO2. The molecule has 0 bridgehead atoms. The summed E-state index contributed by atoms with van der Waals surface area (Å²) in [6, 6.07) is 11.8. The maximum Gasteiger partial charge on any atom is 0.168 e. The Hall–Kier alpha value is -1.74. The van der Waals surface area contributed by atoms with Gasteiger partial charge in [0.25, 0.3) is 0 Å². The first-order valence-corrected chi connectivity index (χ1v) is 6.20. The Labute approximate surface area is 108 Å². The highest BCUT2D eigenvalue weighted by atomic mass is 16.5. The Kier molecular flexibility index (Phi) is 4.05. The van der Waals surface area contributed by atoms with Gasteiger partial charge in [0.05, 0.1) is 6.26 Å². The van der Waals surface area contributed by atoms with E-state index >= 15 is 0 Å². The highest BCUT2D eigenvalue weighted by molar-refractivity contribution is 5.30. The largest absolute Gasteiger partial charge is 0.481 e. The van der Waals surface area contributed by atoms with Gasteiger partial charge in [-0.1, -0.05) is 26.0 Å². The van der Waals surface area contributed by atoms with Crippen LogP contribution in [0, 0.1) is 0 Å². The van der Waals surface area contributed by atoms with Gasteiger partial charge >= 0.3 is 0 Å². The molecule has 1 atom stereocenters. The molecule has 3 nitrogen and oxygen atoms in total. The maximum atomic E-state index is 5.88. The first kappa shape index (κ1) is 12.7. The number of rotatable bonds is 5. The van der Waals surface area contributed by atoms with E-state index in [9.17, 15) is 0 Å². The van der Waals surface area contributed by atoms with Crippen LogP contribution < -0.4 is 10.5 Å². The summed E-state index contributed by atoms with van der Waals surface area (Å²) in [7, 11) is 0. The number of hydrogen-bond donors (Lipinski definition) is 1. The lowest BCUT2D eigenvalue weighted by Crippen LogP contribution is -2.17. The van der Waals surface area contributed by atoms with E-state index in [1.54, 1.807) is 6.26 Å². The van der Waals surface area contributed by atoms with Gasteiger partial charge in [0.15, 0.2) is 6.10 Å².